The molecule has 0 radical (unpaired) electrons. The third-order valence-corrected chi connectivity index (χ3v) is 6.61. The molecule has 29 heavy (non-hydrogen) atoms. The van der Waals surface area contributed by atoms with Crippen LogP contribution in [-0.4, -0.2) is 42.5 Å². The molecule has 0 unspecified atom stereocenters. The maximum Gasteiger partial charge on any atom is 0.278 e. The molecule has 0 aliphatic carbocycles. The van der Waals surface area contributed by atoms with Crippen molar-refractivity contribution in [2.75, 3.05) is 6.61 Å². The molecular weight excluding hydrogens is 408 g/mol. The van der Waals surface area contributed by atoms with Crippen LogP contribution in [0.3, 0.4) is 0 Å². The van der Waals surface area contributed by atoms with E-state index in [2.05, 4.69) is 25.1 Å². The van der Waals surface area contributed by atoms with Gasteiger partial charge in [0.15, 0.2) is 11.0 Å². The van der Waals surface area contributed by atoms with Crippen LogP contribution < -0.4 is 5.56 Å². The molecular formula is C19H18N6O2S2. The van der Waals surface area contributed by atoms with Gasteiger partial charge in [0.1, 0.15) is 5.52 Å². The highest BCUT2D eigenvalue weighted by Crippen LogP contribution is 2.29. The van der Waals surface area contributed by atoms with Gasteiger partial charge in [0.2, 0.25) is 0 Å². The lowest BCUT2D eigenvalue weighted by molar-refractivity contribution is 0.0953. The standard InChI is InChI=1S/C19H18N6O2S2/c26-18-14-6-1-2-7-15(14)20-23-25(18)12-29-19-22-21-17(16-8-4-10-28-16)24(19)11-13-5-3-9-27-13/h1-2,4,6-8,10,13H,3,5,9,11-12H2/t13-/m1/s1. The highest BCUT2D eigenvalue weighted by Gasteiger charge is 2.22. The maximum absolute atomic E-state index is 12.7. The van der Waals surface area contributed by atoms with Crippen molar-refractivity contribution in [1.29, 1.82) is 0 Å². The molecule has 4 aromatic rings. The lowest BCUT2D eigenvalue weighted by atomic mass is 10.2. The molecule has 1 atom stereocenters. The molecule has 148 valence electrons. The summed E-state index contributed by atoms with van der Waals surface area (Å²) in [6.07, 6.45) is 2.26. The molecule has 0 spiro atoms. The van der Waals surface area contributed by atoms with E-state index >= 15 is 0 Å². The summed E-state index contributed by atoms with van der Waals surface area (Å²) in [5.74, 6) is 1.14. The Hall–Kier alpha value is -2.56. The number of nitrogens with zero attached hydrogens (tertiary/aromatic N) is 6. The van der Waals surface area contributed by atoms with E-state index in [-0.39, 0.29) is 11.7 Å². The number of hydrogen-bond donors (Lipinski definition) is 0. The summed E-state index contributed by atoms with van der Waals surface area (Å²) in [4.78, 5) is 13.8. The van der Waals surface area contributed by atoms with Gasteiger partial charge in [0.05, 0.1) is 28.8 Å². The van der Waals surface area contributed by atoms with Crippen molar-refractivity contribution < 1.29 is 4.74 Å². The normalized spacial score (nSPS) is 16.6. The van der Waals surface area contributed by atoms with Gasteiger partial charge in [-0.05, 0) is 36.4 Å². The smallest absolute Gasteiger partial charge is 0.278 e. The average molecular weight is 427 g/mol. The van der Waals surface area contributed by atoms with Crippen LogP contribution in [0.25, 0.3) is 21.6 Å². The average Bonchev–Trinajstić information content (AvgIpc) is 3.51. The molecule has 1 aliphatic heterocycles. The number of thioether (sulfide) groups is 1. The Labute approximate surface area is 174 Å². The topological polar surface area (TPSA) is 87.7 Å². The van der Waals surface area contributed by atoms with E-state index in [1.165, 1.54) is 16.4 Å². The molecule has 0 N–H and O–H groups in total. The summed E-state index contributed by atoms with van der Waals surface area (Å²) >= 11 is 3.05. The molecule has 1 aliphatic rings. The number of rotatable bonds is 6. The third-order valence-electron chi connectivity index (χ3n) is 4.81. The molecule has 1 saturated heterocycles. The Kier molecular flexibility index (Phi) is 5.13. The van der Waals surface area contributed by atoms with Crippen LogP contribution >= 0.6 is 23.1 Å². The minimum atomic E-state index is -0.160. The number of thiophene rings is 1. The van der Waals surface area contributed by atoms with E-state index < -0.39 is 0 Å². The lowest BCUT2D eigenvalue weighted by Gasteiger charge is -2.14. The van der Waals surface area contributed by atoms with Crippen molar-refractivity contribution in [1.82, 2.24) is 29.8 Å². The fourth-order valence-electron chi connectivity index (χ4n) is 3.37. The summed E-state index contributed by atoms with van der Waals surface area (Å²) in [7, 11) is 0. The Bertz CT molecular complexity index is 1180. The van der Waals surface area contributed by atoms with Crippen LogP contribution in [0, 0.1) is 0 Å². The third kappa shape index (κ3) is 3.70. The van der Waals surface area contributed by atoms with Crippen molar-refractivity contribution in [3.63, 3.8) is 0 Å². The van der Waals surface area contributed by atoms with Gasteiger partial charge in [0.25, 0.3) is 5.56 Å². The Morgan fingerprint density at radius 3 is 2.93 bits per heavy atom. The van der Waals surface area contributed by atoms with Crippen LogP contribution in [0.2, 0.25) is 0 Å². The predicted molar refractivity (Wildman–Crippen MR) is 112 cm³/mol. The van der Waals surface area contributed by atoms with Gasteiger partial charge >= 0.3 is 0 Å². The molecule has 8 nitrogen and oxygen atoms in total. The first-order valence-corrected chi connectivity index (χ1v) is 11.2. The van der Waals surface area contributed by atoms with Gasteiger partial charge in [-0.1, -0.05) is 35.2 Å². The van der Waals surface area contributed by atoms with Crippen molar-refractivity contribution in [2.45, 2.75) is 36.5 Å². The molecule has 5 rings (SSSR count). The first-order chi connectivity index (χ1) is 14.3. The molecule has 1 aromatic carbocycles. The number of hydrogen-bond acceptors (Lipinski definition) is 8. The van der Waals surface area contributed by atoms with Gasteiger partial charge < -0.3 is 4.74 Å². The summed E-state index contributed by atoms with van der Waals surface area (Å²) < 4.78 is 9.28. The molecule has 4 heterocycles. The monoisotopic (exact) mass is 426 g/mol. The SMILES string of the molecule is O=c1c2ccccc2nnn1CSc1nnc(-c2cccs2)n1C[C@H]1CCCO1. The zero-order valence-corrected chi connectivity index (χ0v) is 17.1. The van der Waals surface area contributed by atoms with E-state index in [0.717, 1.165) is 35.3 Å². The van der Waals surface area contributed by atoms with Gasteiger partial charge in [-0.15, -0.1) is 26.6 Å². The van der Waals surface area contributed by atoms with Crippen molar-refractivity contribution in [2.24, 2.45) is 0 Å². The second-order valence-electron chi connectivity index (χ2n) is 6.71. The van der Waals surface area contributed by atoms with E-state index in [1.54, 1.807) is 23.5 Å². The Balaban J connectivity index is 1.43. The molecule has 0 bridgehead atoms. The predicted octanol–water partition coefficient (Wildman–Crippen LogP) is 3.04. The van der Waals surface area contributed by atoms with E-state index in [9.17, 15) is 4.79 Å². The van der Waals surface area contributed by atoms with Crippen LogP contribution in [0.4, 0.5) is 0 Å². The van der Waals surface area contributed by atoms with Gasteiger partial charge in [0, 0.05) is 6.61 Å². The zero-order chi connectivity index (χ0) is 19.6. The lowest BCUT2D eigenvalue weighted by Crippen LogP contribution is -2.23. The van der Waals surface area contributed by atoms with Crippen molar-refractivity contribution in [3.8, 4) is 10.7 Å². The largest absolute Gasteiger partial charge is 0.376 e. The number of benzene rings is 1. The maximum atomic E-state index is 12.7. The number of fused-ring (bicyclic) bond motifs is 1. The minimum Gasteiger partial charge on any atom is -0.376 e. The van der Waals surface area contributed by atoms with Gasteiger partial charge in [-0.2, -0.15) is 4.68 Å². The van der Waals surface area contributed by atoms with Crippen LogP contribution in [0.15, 0.2) is 51.7 Å². The van der Waals surface area contributed by atoms with Gasteiger partial charge in [-0.3, -0.25) is 9.36 Å². The quantitative estimate of drug-likeness (QED) is 0.438. The highest BCUT2D eigenvalue weighted by molar-refractivity contribution is 7.98. The van der Waals surface area contributed by atoms with Crippen molar-refractivity contribution >= 4 is 34.0 Å². The first-order valence-electron chi connectivity index (χ1n) is 9.33. The Morgan fingerprint density at radius 2 is 2.10 bits per heavy atom. The van der Waals surface area contributed by atoms with Crippen LogP contribution in [-0.2, 0) is 17.2 Å². The van der Waals surface area contributed by atoms with E-state index in [1.807, 2.05) is 29.6 Å². The molecule has 0 saturated carbocycles. The number of aromatic nitrogens is 6. The second kappa shape index (κ2) is 8.05. The van der Waals surface area contributed by atoms with Gasteiger partial charge in [-0.25, -0.2) is 0 Å². The first kappa shape index (κ1) is 18.5. The molecule has 3 aromatic heterocycles. The summed E-state index contributed by atoms with van der Waals surface area (Å²) in [6, 6.07) is 11.3. The van der Waals surface area contributed by atoms with E-state index in [0.29, 0.717) is 23.3 Å². The minimum absolute atomic E-state index is 0.159. The van der Waals surface area contributed by atoms with E-state index in [4.69, 9.17) is 4.74 Å². The zero-order valence-electron chi connectivity index (χ0n) is 15.5. The molecule has 1 fully saturated rings. The van der Waals surface area contributed by atoms with Crippen LogP contribution in [0.1, 0.15) is 12.8 Å². The Morgan fingerprint density at radius 1 is 1.17 bits per heavy atom. The number of ether oxygens (including phenoxy) is 1. The summed E-state index contributed by atoms with van der Waals surface area (Å²) in [5.41, 5.74) is 0.437. The summed E-state index contributed by atoms with van der Waals surface area (Å²) in [5, 5.41) is 20.3. The molecule has 10 heteroatoms. The second-order valence-corrected chi connectivity index (χ2v) is 8.57. The highest BCUT2D eigenvalue weighted by atomic mass is 32.2. The fraction of sp³-hybridized carbons (Fsp3) is 0.316. The van der Waals surface area contributed by atoms with Crippen LogP contribution in [0.5, 0.6) is 0 Å². The fourth-order valence-corrected chi connectivity index (χ4v) is 4.91. The summed E-state index contributed by atoms with van der Waals surface area (Å²) in [6.45, 7) is 1.49. The van der Waals surface area contributed by atoms with Crippen molar-refractivity contribution in [3.05, 3.63) is 52.1 Å². The molecule has 0 amide bonds.